The first-order chi connectivity index (χ1) is 9.26. The van der Waals surface area contributed by atoms with Crippen molar-refractivity contribution in [1.82, 2.24) is 0 Å². The van der Waals surface area contributed by atoms with Crippen molar-refractivity contribution >= 4 is 11.9 Å². The zero-order chi connectivity index (χ0) is 15.8. The highest BCUT2D eigenvalue weighted by Crippen LogP contribution is 2.46. The highest BCUT2D eigenvalue weighted by atomic mass is 16.4. The molecule has 108 valence electrons. The monoisotopic (exact) mass is 280 g/mol. The van der Waals surface area contributed by atoms with Gasteiger partial charge in [-0.15, -0.1) is 0 Å². The number of nitrogens with one attached hydrogen (secondary N) is 1. The van der Waals surface area contributed by atoms with E-state index in [-0.39, 0.29) is 32.2 Å². The van der Waals surface area contributed by atoms with Gasteiger partial charge in [-0.1, -0.05) is 0 Å². The van der Waals surface area contributed by atoms with E-state index >= 15 is 0 Å². The fourth-order valence-electron chi connectivity index (χ4n) is 1.96. The number of hydrogen-bond acceptors (Lipinski definition) is 6. The minimum absolute atomic E-state index is 0.110. The summed E-state index contributed by atoms with van der Waals surface area (Å²) in [5.41, 5.74) is 4.04. The van der Waals surface area contributed by atoms with Gasteiger partial charge in [0.05, 0.1) is 29.5 Å². The summed E-state index contributed by atoms with van der Waals surface area (Å²) in [5.74, 6) is -2.24. The third kappa shape index (κ3) is 4.02. The maximum absolute atomic E-state index is 10.7. The molecule has 0 spiro atoms. The van der Waals surface area contributed by atoms with E-state index in [0.717, 1.165) is 0 Å². The number of carboxylic acids is 2. The van der Waals surface area contributed by atoms with E-state index in [0.29, 0.717) is 0 Å². The van der Waals surface area contributed by atoms with Crippen molar-refractivity contribution in [2.75, 3.05) is 6.54 Å². The van der Waals surface area contributed by atoms with Gasteiger partial charge < -0.3 is 10.2 Å². The van der Waals surface area contributed by atoms with Crippen LogP contribution in [0.3, 0.4) is 0 Å². The van der Waals surface area contributed by atoms with Crippen LogP contribution >= 0.6 is 0 Å². The number of aliphatic carboxylic acids is 2. The predicted octanol–water partition coefficient (Wildman–Crippen LogP) is 1.79. The molecule has 8 nitrogen and oxygen atoms in total. The lowest BCUT2D eigenvalue weighted by atomic mass is 9.61. The number of carbonyl (C=O) groups is 2. The molecule has 8 heteroatoms. The van der Waals surface area contributed by atoms with Crippen molar-refractivity contribution in [3.63, 3.8) is 0 Å². The van der Waals surface area contributed by atoms with E-state index in [2.05, 4.69) is 5.11 Å². The van der Waals surface area contributed by atoms with Crippen LogP contribution in [-0.2, 0) is 9.59 Å². The third-order valence-electron chi connectivity index (χ3n) is 3.47. The van der Waals surface area contributed by atoms with Gasteiger partial charge in [-0.3, -0.25) is 9.59 Å². The van der Waals surface area contributed by atoms with Crippen molar-refractivity contribution in [2.24, 2.45) is 15.9 Å². The lowest BCUT2D eigenvalue weighted by molar-refractivity contribution is -0.139. The standard InChI is InChI=1S/C12H16N4O4/c1-11(6-13,4-2-9(17)18)12(7-14,8-16-15)5-3-10(19)20/h15H,2-5,8H2,1H3,(H,17,18)(H,19,20). The predicted molar refractivity (Wildman–Crippen MR) is 65.5 cm³/mol. The molecule has 20 heavy (non-hydrogen) atoms. The van der Waals surface area contributed by atoms with Crippen LogP contribution in [0.15, 0.2) is 5.11 Å². The second kappa shape index (κ2) is 7.19. The number of rotatable bonds is 9. The Kier molecular flexibility index (Phi) is 6.30. The molecule has 0 bridgehead atoms. The minimum atomic E-state index is -1.49. The topological polar surface area (TPSA) is 158 Å². The highest BCUT2D eigenvalue weighted by Gasteiger charge is 2.49. The van der Waals surface area contributed by atoms with Gasteiger partial charge in [-0.25, -0.2) is 5.53 Å². The van der Waals surface area contributed by atoms with Crippen LogP contribution in [0.4, 0.5) is 0 Å². The molecule has 0 aromatic carbocycles. The second-order valence-electron chi connectivity index (χ2n) is 4.74. The quantitative estimate of drug-likeness (QED) is 0.546. The lowest BCUT2D eigenvalue weighted by Crippen LogP contribution is -2.41. The van der Waals surface area contributed by atoms with Crippen molar-refractivity contribution < 1.29 is 19.8 Å². The third-order valence-corrected chi connectivity index (χ3v) is 3.47. The molecule has 0 aliphatic heterocycles. The molecule has 0 aromatic heterocycles. The van der Waals surface area contributed by atoms with Gasteiger partial charge in [0.1, 0.15) is 0 Å². The summed E-state index contributed by atoms with van der Waals surface area (Å²) in [6.45, 7) is 1.08. The molecule has 2 atom stereocenters. The molecule has 2 unspecified atom stereocenters. The van der Waals surface area contributed by atoms with Crippen molar-refractivity contribution in [1.29, 1.82) is 16.1 Å². The van der Waals surface area contributed by atoms with Gasteiger partial charge in [0, 0.05) is 12.8 Å². The van der Waals surface area contributed by atoms with Crippen LogP contribution in [0.1, 0.15) is 32.6 Å². The summed E-state index contributed by atoms with van der Waals surface area (Å²) in [7, 11) is 0. The minimum Gasteiger partial charge on any atom is -0.481 e. The van der Waals surface area contributed by atoms with Crippen LogP contribution in [0.2, 0.25) is 0 Å². The molecule has 0 aliphatic carbocycles. The molecule has 0 saturated carbocycles. The average Bonchev–Trinajstić information content (AvgIpc) is 2.40. The molecular formula is C12H16N4O4. The number of nitriles is 2. The molecule has 0 fully saturated rings. The van der Waals surface area contributed by atoms with E-state index in [9.17, 15) is 20.1 Å². The van der Waals surface area contributed by atoms with Gasteiger partial charge >= 0.3 is 11.9 Å². The molecular weight excluding hydrogens is 264 g/mol. The fourth-order valence-corrected chi connectivity index (χ4v) is 1.96. The summed E-state index contributed by atoms with van der Waals surface area (Å²) in [6.07, 6.45) is -0.946. The van der Waals surface area contributed by atoms with E-state index in [1.54, 1.807) is 0 Å². The van der Waals surface area contributed by atoms with Crippen LogP contribution < -0.4 is 0 Å². The van der Waals surface area contributed by atoms with Gasteiger partial charge in [-0.2, -0.15) is 15.6 Å². The maximum Gasteiger partial charge on any atom is 0.303 e. The SMILES string of the molecule is CC(C#N)(CCC(=O)O)C(C#N)(CCC(=O)O)CN=N. The van der Waals surface area contributed by atoms with Crippen LogP contribution in [-0.4, -0.2) is 28.7 Å². The number of hydrogen-bond donors (Lipinski definition) is 3. The van der Waals surface area contributed by atoms with Crippen molar-refractivity contribution in [3.05, 3.63) is 0 Å². The maximum atomic E-state index is 10.7. The van der Waals surface area contributed by atoms with Crippen molar-refractivity contribution in [3.8, 4) is 12.1 Å². The molecule has 0 amide bonds. The number of nitrogens with zero attached hydrogens (tertiary/aromatic N) is 3. The van der Waals surface area contributed by atoms with E-state index in [1.807, 2.05) is 12.1 Å². The van der Waals surface area contributed by atoms with E-state index in [1.165, 1.54) is 6.92 Å². The Morgan fingerprint density at radius 3 is 2.00 bits per heavy atom. The summed E-state index contributed by atoms with van der Waals surface area (Å²) >= 11 is 0. The first kappa shape index (κ1) is 17.5. The van der Waals surface area contributed by atoms with Crippen LogP contribution in [0.5, 0.6) is 0 Å². The Morgan fingerprint density at radius 2 is 1.65 bits per heavy atom. The van der Waals surface area contributed by atoms with Gasteiger partial charge in [0.2, 0.25) is 0 Å². The average molecular weight is 280 g/mol. The molecule has 0 aromatic rings. The molecule has 0 radical (unpaired) electrons. The summed E-state index contributed by atoms with van der Waals surface area (Å²) in [5, 5.41) is 39.3. The lowest BCUT2D eigenvalue weighted by Gasteiger charge is -2.37. The normalized spacial score (nSPS) is 15.9. The first-order valence-electron chi connectivity index (χ1n) is 5.86. The smallest absolute Gasteiger partial charge is 0.303 e. The molecule has 0 rings (SSSR count). The van der Waals surface area contributed by atoms with Crippen LogP contribution in [0.25, 0.3) is 0 Å². The van der Waals surface area contributed by atoms with Gasteiger partial charge in [0.15, 0.2) is 0 Å². The van der Waals surface area contributed by atoms with Crippen molar-refractivity contribution in [2.45, 2.75) is 32.6 Å². The fraction of sp³-hybridized carbons (Fsp3) is 0.667. The summed E-state index contributed by atoms with van der Waals surface area (Å²) in [4.78, 5) is 21.3. The second-order valence-corrected chi connectivity index (χ2v) is 4.74. The molecule has 0 saturated heterocycles. The Morgan fingerprint density at radius 1 is 1.15 bits per heavy atom. The Hall–Kier alpha value is -2.48. The van der Waals surface area contributed by atoms with Gasteiger partial charge in [0.25, 0.3) is 0 Å². The Labute approximate surface area is 116 Å². The largest absolute Gasteiger partial charge is 0.481 e. The molecule has 0 aliphatic rings. The highest BCUT2D eigenvalue weighted by molar-refractivity contribution is 5.67. The zero-order valence-corrected chi connectivity index (χ0v) is 11.1. The number of carboxylic acid groups (broad SMARTS) is 2. The first-order valence-corrected chi connectivity index (χ1v) is 5.86. The Bertz CT molecular complexity index is 479. The van der Waals surface area contributed by atoms with Gasteiger partial charge in [-0.05, 0) is 19.8 Å². The van der Waals surface area contributed by atoms with E-state index in [4.69, 9.17) is 15.7 Å². The zero-order valence-electron chi connectivity index (χ0n) is 11.1. The van der Waals surface area contributed by atoms with Crippen LogP contribution in [0, 0.1) is 39.0 Å². The Balaban J connectivity index is 5.49. The summed E-state index contributed by atoms with van der Waals surface area (Å²) in [6, 6.07) is 3.81. The molecule has 3 N–H and O–H groups in total. The van der Waals surface area contributed by atoms with E-state index < -0.39 is 22.8 Å². The summed E-state index contributed by atoms with van der Waals surface area (Å²) < 4.78 is 0. The molecule has 0 heterocycles.